The maximum absolute atomic E-state index is 12.1. The van der Waals surface area contributed by atoms with Gasteiger partial charge in [0.25, 0.3) is 0 Å². The summed E-state index contributed by atoms with van der Waals surface area (Å²) in [5.74, 6) is -1.65. The van der Waals surface area contributed by atoms with E-state index in [1.54, 1.807) is 38.7 Å². The summed E-state index contributed by atoms with van der Waals surface area (Å²) in [6.45, 7) is 5.27. The molecule has 0 radical (unpaired) electrons. The topological polar surface area (TPSA) is 90.0 Å². The Morgan fingerprint density at radius 2 is 2.10 bits per heavy atom. The van der Waals surface area contributed by atoms with Crippen LogP contribution in [0, 0.1) is 13.8 Å². The number of hydrogen-bond acceptors (Lipinski definition) is 4. The Morgan fingerprint density at radius 1 is 1.43 bits per heavy atom. The fourth-order valence-corrected chi connectivity index (χ4v) is 2.46. The van der Waals surface area contributed by atoms with Crippen LogP contribution < -0.4 is 5.69 Å². The zero-order valence-corrected chi connectivity index (χ0v) is 12.5. The summed E-state index contributed by atoms with van der Waals surface area (Å²) in [6.07, 6.45) is 1.79. The standard InChI is InChI=1S/C14H18N4O3/c1-8(13(19)20)12-9(2)15-14(21)18(10(12)3)7-11-5-6-17(4)16-11/h5-6,8H,7H2,1-4H3,(H,19,20). The molecule has 7 nitrogen and oxygen atoms in total. The molecule has 2 heterocycles. The van der Waals surface area contributed by atoms with Crippen molar-refractivity contribution in [2.45, 2.75) is 33.2 Å². The summed E-state index contributed by atoms with van der Waals surface area (Å²) in [4.78, 5) is 27.3. The first-order valence-corrected chi connectivity index (χ1v) is 6.60. The van der Waals surface area contributed by atoms with Gasteiger partial charge in [-0.2, -0.15) is 10.1 Å². The van der Waals surface area contributed by atoms with Gasteiger partial charge in [-0.05, 0) is 26.8 Å². The van der Waals surface area contributed by atoms with Gasteiger partial charge in [0, 0.05) is 30.2 Å². The molecule has 0 aliphatic rings. The van der Waals surface area contributed by atoms with Crippen LogP contribution in [-0.4, -0.2) is 30.4 Å². The van der Waals surface area contributed by atoms with Gasteiger partial charge in [0.2, 0.25) is 0 Å². The zero-order valence-electron chi connectivity index (χ0n) is 12.5. The predicted molar refractivity (Wildman–Crippen MR) is 76.3 cm³/mol. The minimum absolute atomic E-state index is 0.276. The SMILES string of the molecule is Cc1nc(=O)n(Cc2ccn(C)n2)c(C)c1C(C)C(=O)O. The van der Waals surface area contributed by atoms with Gasteiger partial charge in [0.1, 0.15) is 0 Å². The van der Waals surface area contributed by atoms with Crippen molar-refractivity contribution in [3.05, 3.63) is 45.4 Å². The lowest BCUT2D eigenvalue weighted by molar-refractivity contribution is -0.138. The quantitative estimate of drug-likeness (QED) is 0.900. The molecule has 1 atom stereocenters. The number of aromatic nitrogens is 4. The first kappa shape index (κ1) is 15.0. The average molecular weight is 290 g/mol. The Bertz CT molecular complexity index is 745. The fourth-order valence-electron chi connectivity index (χ4n) is 2.46. The van der Waals surface area contributed by atoms with Crippen LogP contribution in [0.5, 0.6) is 0 Å². The Morgan fingerprint density at radius 3 is 2.62 bits per heavy atom. The third-order valence-electron chi connectivity index (χ3n) is 3.57. The van der Waals surface area contributed by atoms with Crippen LogP contribution in [0.25, 0.3) is 0 Å². The molecule has 0 saturated carbocycles. The van der Waals surface area contributed by atoms with Crippen LogP contribution in [0.3, 0.4) is 0 Å². The summed E-state index contributed by atoms with van der Waals surface area (Å²) in [6, 6.07) is 1.81. The maximum atomic E-state index is 12.1. The molecule has 21 heavy (non-hydrogen) atoms. The van der Waals surface area contributed by atoms with Gasteiger partial charge in [-0.1, -0.05) is 0 Å². The summed E-state index contributed by atoms with van der Waals surface area (Å²) in [5.41, 5.74) is 2.00. The number of rotatable bonds is 4. The van der Waals surface area contributed by atoms with Crippen molar-refractivity contribution < 1.29 is 9.90 Å². The maximum Gasteiger partial charge on any atom is 0.348 e. The molecule has 0 aromatic carbocycles. The third kappa shape index (κ3) is 2.86. The van der Waals surface area contributed by atoms with Gasteiger partial charge in [-0.15, -0.1) is 0 Å². The highest BCUT2D eigenvalue weighted by Gasteiger charge is 2.22. The number of aliphatic carboxylic acids is 1. The molecule has 0 spiro atoms. The first-order chi connectivity index (χ1) is 9.81. The van der Waals surface area contributed by atoms with Crippen molar-refractivity contribution in [3.63, 3.8) is 0 Å². The van der Waals surface area contributed by atoms with E-state index >= 15 is 0 Å². The number of hydrogen-bond donors (Lipinski definition) is 1. The van der Waals surface area contributed by atoms with Gasteiger partial charge in [0.05, 0.1) is 18.2 Å². The van der Waals surface area contributed by atoms with E-state index < -0.39 is 17.6 Å². The average Bonchev–Trinajstić information content (AvgIpc) is 2.79. The summed E-state index contributed by atoms with van der Waals surface area (Å²) in [7, 11) is 1.80. The van der Waals surface area contributed by atoms with Gasteiger partial charge in [0.15, 0.2) is 0 Å². The second-order valence-electron chi connectivity index (χ2n) is 5.11. The van der Waals surface area contributed by atoms with E-state index in [1.807, 2.05) is 6.07 Å². The van der Waals surface area contributed by atoms with E-state index in [1.165, 1.54) is 4.57 Å². The van der Waals surface area contributed by atoms with Crippen LogP contribution in [0.4, 0.5) is 0 Å². The molecule has 0 fully saturated rings. The summed E-state index contributed by atoms with van der Waals surface area (Å²) < 4.78 is 3.11. The van der Waals surface area contributed by atoms with Crippen molar-refractivity contribution in [1.29, 1.82) is 0 Å². The molecule has 0 aliphatic carbocycles. The lowest BCUT2D eigenvalue weighted by Gasteiger charge is -2.17. The monoisotopic (exact) mass is 290 g/mol. The second kappa shape index (κ2) is 5.51. The van der Waals surface area contributed by atoms with Crippen molar-refractivity contribution in [2.24, 2.45) is 7.05 Å². The normalized spacial score (nSPS) is 12.4. The van der Waals surface area contributed by atoms with E-state index in [9.17, 15) is 14.7 Å². The summed E-state index contributed by atoms with van der Waals surface area (Å²) >= 11 is 0. The van der Waals surface area contributed by atoms with E-state index in [2.05, 4.69) is 10.1 Å². The first-order valence-electron chi connectivity index (χ1n) is 6.60. The zero-order chi connectivity index (χ0) is 15.7. The molecule has 1 N–H and O–H groups in total. The highest BCUT2D eigenvalue weighted by atomic mass is 16.4. The van der Waals surface area contributed by atoms with Crippen molar-refractivity contribution in [3.8, 4) is 0 Å². The van der Waals surface area contributed by atoms with E-state index in [0.717, 1.165) is 5.69 Å². The number of carboxylic acids is 1. The molecule has 0 bridgehead atoms. The molecule has 112 valence electrons. The highest BCUT2D eigenvalue weighted by molar-refractivity contribution is 5.76. The van der Waals surface area contributed by atoms with Gasteiger partial charge in [-0.25, -0.2) is 4.79 Å². The number of carboxylic acid groups (broad SMARTS) is 1. The van der Waals surface area contributed by atoms with Crippen LogP contribution in [-0.2, 0) is 18.4 Å². The van der Waals surface area contributed by atoms with Crippen molar-refractivity contribution in [1.82, 2.24) is 19.3 Å². The number of carbonyl (C=O) groups is 1. The third-order valence-corrected chi connectivity index (χ3v) is 3.57. The van der Waals surface area contributed by atoms with Crippen molar-refractivity contribution >= 4 is 5.97 Å². The van der Waals surface area contributed by atoms with E-state index in [0.29, 0.717) is 17.0 Å². The minimum atomic E-state index is -0.939. The fraction of sp³-hybridized carbons (Fsp3) is 0.429. The lowest BCUT2D eigenvalue weighted by Crippen LogP contribution is -2.30. The van der Waals surface area contributed by atoms with Crippen LogP contribution in [0.15, 0.2) is 17.1 Å². The highest BCUT2D eigenvalue weighted by Crippen LogP contribution is 2.21. The number of nitrogens with zero attached hydrogens (tertiary/aromatic N) is 4. The molecule has 2 rings (SSSR count). The van der Waals surface area contributed by atoms with Gasteiger partial charge in [-0.3, -0.25) is 14.0 Å². The molecular formula is C14H18N4O3. The van der Waals surface area contributed by atoms with Crippen LogP contribution in [0.2, 0.25) is 0 Å². The number of aryl methyl sites for hydroxylation is 2. The molecule has 0 saturated heterocycles. The van der Waals surface area contributed by atoms with E-state index in [4.69, 9.17) is 0 Å². The lowest BCUT2D eigenvalue weighted by atomic mass is 9.98. The van der Waals surface area contributed by atoms with Crippen molar-refractivity contribution in [2.75, 3.05) is 0 Å². The smallest absolute Gasteiger partial charge is 0.348 e. The molecule has 1 unspecified atom stereocenters. The predicted octanol–water partition coefficient (Wildman–Crippen LogP) is 0.830. The van der Waals surface area contributed by atoms with Gasteiger partial charge >= 0.3 is 11.7 Å². The second-order valence-corrected chi connectivity index (χ2v) is 5.11. The molecule has 2 aromatic rings. The molecule has 0 amide bonds. The molecular weight excluding hydrogens is 272 g/mol. The largest absolute Gasteiger partial charge is 0.481 e. The molecule has 2 aromatic heterocycles. The molecule has 7 heteroatoms. The molecule has 0 aliphatic heterocycles. The van der Waals surface area contributed by atoms with E-state index in [-0.39, 0.29) is 6.54 Å². The van der Waals surface area contributed by atoms with Gasteiger partial charge < -0.3 is 5.11 Å². The Labute approximate surface area is 121 Å². The Hall–Kier alpha value is -2.44. The van der Waals surface area contributed by atoms with Crippen LogP contribution in [0.1, 0.15) is 35.5 Å². The Kier molecular flexibility index (Phi) is 3.93. The Balaban J connectivity index is 2.53. The summed E-state index contributed by atoms with van der Waals surface area (Å²) in [5, 5.41) is 13.4. The minimum Gasteiger partial charge on any atom is -0.481 e. The van der Waals surface area contributed by atoms with Crippen LogP contribution >= 0.6 is 0 Å².